The van der Waals surface area contributed by atoms with Gasteiger partial charge in [0.2, 0.25) is 0 Å². The predicted octanol–water partition coefficient (Wildman–Crippen LogP) is 5.10. The van der Waals surface area contributed by atoms with Crippen molar-refractivity contribution in [1.29, 1.82) is 0 Å². The van der Waals surface area contributed by atoms with E-state index in [2.05, 4.69) is 8.37 Å². The fourth-order valence-corrected chi connectivity index (χ4v) is 4.64. The summed E-state index contributed by atoms with van der Waals surface area (Å²) < 4.78 is 133. The second-order valence-corrected chi connectivity index (χ2v) is 9.53. The summed E-state index contributed by atoms with van der Waals surface area (Å²) in [6.45, 7) is -1.62. The van der Waals surface area contributed by atoms with Crippen molar-refractivity contribution >= 4 is 43.4 Å². The zero-order valence-electron chi connectivity index (χ0n) is 14.5. The van der Waals surface area contributed by atoms with Gasteiger partial charge in [-0.3, -0.25) is 0 Å². The highest BCUT2D eigenvalue weighted by atomic mass is 35.5. The van der Waals surface area contributed by atoms with Crippen LogP contribution in [0.15, 0.2) is 46.2 Å². The Morgan fingerprint density at radius 2 is 1.00 bits per heavy atom. The molecule has 2 rings (SSSR count). The largest absolute Gasteiger partial charge is 0.416 e. The Bertz CT molecular complexity index is 1100. The second kappa shape index (κ2) is 8.75. The molecule has 0 saturated carbocycles. The molecule has 0 bridgehead atoms. The maximum atomic E-state index is 12.8. The fourth-order valence-electron chi connectivity index (χ4n) is 2.02. The van der Waals surface area contributed by atoms with Gasteiger partial charge in [0.15, 0.2) is 6.79 Å². The van der Waals surface area contributed by atoms with E-state index in [0.29, 0.717) is 24.3 Å². The number of halogens is 8. The molecule has 16 heteroatoms. The van der Waals surface area contributed by atoms with Crippen LogP contribution in [0, 0.1) is 0 Å². The van der Waals surface area contributed by atoms with Gasteiger partial charge in [-0.25, -0.2) is 8.37 Å². The first-order valence-corrected chi connectivity index (χ1v) is 11.0. The van der Waals surface area contributed by atoms with Crippen molar-refractivity contribution in [2.45, 2.75) is 22.1 Å². The maximum Gasteiger partial charge on any atom is 0.416 e. The molecule has 0 aliphatic heterocycles. The lowest BCUT2D eigenvalue weighted by molar-refractivity contribution is -0.138. The van der Waals surface area contributed by atoms with Gasteiger partial charge in [-0.1, -0.05) is 23.2 Å². The van der Waals surface area contributed by atoms with Gasteiger partial charge in [0, 0.05) is 0 Å². The molecule has 2 aromatic carbocycles. The minimum atomic E-state index is -5.05. The van der Waals surface area contributed by atoms with E-state index in [9.17, 15) is 43.2 Å². The molecule has 0 aliphatic carbocycles. The summed E-state index contributed by atoms with van der Waals surface area (Å²) in [5.74, 6) is 0. The molecule has 172 valence electrons. The fraction of sp³-hybridized carbons (Fsp3) is 0.200. The van der Waals surface area contributed by atoms with Crippen LogP contribution >= 0.6 is 23.2 Å². The van der Waals surface area contributed by atoms with Gasteiger partial charge in [-0.05, 0) is 36.4 Å². The second-order valence-electron chi connectivity index (χ2n) is 5.55. The summed E-state index contributed by atoms with van der Waals surface area (Å²) in [6, 6.07) is 2.54. The van der Waals surface area contributed by atoms with Crippen LogP contribution in [0.3, 0.4) is 0 Å². The van der Waals surface area contributed by atoms with E-state index in [1.54, 1.807) is 0 Å². The third kappa shape index (κ3) is 6.23. The van der Waals surface area contributed by atoms with Gasteiger partial charge in [0.25, 0.3) is 0 Å². The lowest BCUT2D eigenvalue weighted by Crippen LogP contribution is -2.16. The first kappa shape index (κ1) is 25.7. The van der Waals surface area contributed by atoms with Crippen LogP contribution < -0.4 is 0 Å². The van der Waals surface area contributed by atoms with Crippen LogP contribution in [0.5, 0.6) is 0 Å². The minimum Gasteiger partial charge on any atom is -0.236 e. The van der Waals surface area contributed by atoms with E-state index in [0.717, 1.165) is 0 Å². The van der Waals surface area contributed by atoms with Gasteiger partial charge in [-0.15, -0.1) is 0 Å². The van der Waals surface area contributed by atoms with Crippen LogP contribution in [-0.4, -0.2) is 23.6 Å². The van der Waals surface area contributed by atoms with Crippen molar-refractivity contribution in [3.05, 3.63) is 57.6 Å². The SMILES string of the molecule is O=S(=O)(OCOS(=O)(=O)c1cc(C(F)(F)F)ccc1Cl)c1cc(C(F)(F)F)ccc1Cl. The van der Waals surface area contributed by atoms with Crippen LogP contribution in [0.4, 0.5) is 26.3 Å². The summed E-state index contributed by atoms with van der Waals surface area (Å²) in [5.41, 5.74) is -2.77. The van der Waals surface area contributed by atoms with Crippen LogP contribution in [0.25, 0.3) is 0 Å². The Morgan fingerprint density at radius 1 is 0.677 bits per heavy atom. The average molecular weight is 533 g/mol. The first-order chi connectivity index (χ1) is 13.9. The standard InChI is InChI=1S/C15H8Cl2F6O6S2/c16-10-3-1-8(14(18,19)20)5-12(10)30(24,25)28-7-29-31(26,27)13-6-9(15(21,22)23)2-4-11(13)17/h1-6H,7H2. The molecule has 0 aliphatic rings. The summed E-state index contributed by atoms with van der Waals surface area (Å²) in [7, 11) is -10.1. The number of benzene rings is 2. The third-order valence-electron chi connectivity index (χ3n) is 3.46. The van der Waals surface area contributed by atoms with Gasteiger partial charge in [0.05, 0.1) is 21.2 Å². The summed E-state index contributed by atoms with van der Waals surface area (Å²) >= 11 is 11.1. The summed E-state index contributed by atoms with van der Waals surface area (Å²) in [4.78, 5) is -2.27. The molecule has 6 nitrogen and oxygen atoms in total. The highest BCUT2D eigenvalue weighted by Gasteiger charge is 2.34. The molecular weight excluding hydrogens is 525 g/mol. The summed E-state index contributed by atoms with van der Waals surface area (Å²) in [6.07, 6.45) is -9.84. The molecule has 31 heavy (non-hydrogen) atoms. The van der Waals surface area contributed by atoms with E-state index in [1.165, 1.54) is 0 Å². The molecule has 0 aromatic heterocycles. The predicted molar refractivity (Wildman–Crippen MR) is 94.3 cm³/mol. The molecule has 0 atom stereocenters. The molecule has 0 heterocycles. The van der Waals surface area contributed by atoms with Gasteiger partial charge >= 0.3 is 32.6 Å². The van der Waals surface area contributed by atoms with E-state index in [4.69, 9.17) is 23.2 Å². The zero-order valence-corrected chi connectivity index (χ0v) is 17.6. The minimum absolute atomic E-state index is 0.149. The number of rotatable bonds is 6. The van der Waals surface area contributed by atoms with Crippen molar-refractivity contribution in [1.82, 2.24) is 0 Å². The van der Waals surface area contributed by atoms with E-state index >= 15 is 0 Å². The molecule has 0 amide bonds. The molecular formula is C15H8Cl2F6O6S2. The lowest BCUT2D eigenvalue weighted by Gasteiger charge is -2.12. The number of hydrogen-bond donors (Lipinski definition) is 0. The lowest BCUT2D eigenvalue weighted by atomic mass is 10.2. The van der Waals surface area contributed by atoms with Crippen molar-refractivity contribution in [3.8, 4) is 0 Å². The van der Waals surface area contributed by atoms with E-state index in [-0.39, 0.29) is 12.1 Å². The van der Waals surface area contributed by atoms with Crippen molar-refractivity contribution in [2.75, 3.05) is 6.79 Å². The number of hydrogen-bond acceptors (Lipinski definition) is 6. The Labute approximate surface area is 181 Å². The molecule has 0 fully saturated rings. The zero-order chi connectivity index (χ0) is 23.8. The molecule has 0 unspecified atom stereocenters. The van der Waals surface area contributed by atoms with Gasteiger partial charge in [-0.2, -0.15) is 43.2 Å². The highest BCUT2D eigenvalue weighted by molar-refractivity contribution is 7.87. The molecule has 0 N–H and O–H groups in total. The maximum absolute atomic E-state index is 12.8. The van der Waals surface area contributed by atoms with Crippen molar-refractivity contribution in [3.63, 3.8) is 0 Å². The monoisotopic (exact) mass is 532 g/mol. The quantitative estimate of drug-likeness (QED) is 0.292. The van der Waals surface area contributed by atoms with E-state index < -0.39 is 70.3 Å². The van der Waals surface area contributed by atoms with E-state index in [1.807, 2.05) is 0 Å². The Morgan fingerprint density at radius 3 is 1.29 bits per heavy atom. The van der Waals surface area contributed by atoms with Crippen LogP contribution in [0.2, 0.25) is 10.0 Å². The van der Waals surface area contributed by atoms with Crippen LogP contribution in [0.1, 0.15) is 11.1 Å². The average Bonchev–Trinajstić information content (AvgIpc) is 2.59. The smallest absolute Gasteiger partial charge is 0.236 e. The topological polar surface area (TPSA) is 86.7 Å². The molecule has 0 radical (unpaired) electrons. The third-order valence-corrected chi connectivity index (χ3v) is 6.91. The Hall–Kier alpha value is -1.58. The number of alkyl halides is 6. The van der Waals surface area contributed by atoms with Gasteiger partial charge in [0.1, 0.15) is 9.79 Å². The molecule has 2 aromatic rings. The highest BCUT2D eigenvalue weighted by Crippen LogP contribution is 2.35. The van der Waals surface area contributed by atoms with Crippen molar-refractivity contribution in [2.24, 2.45) is 0 Å². The van der Waals surface area contributed by atoms with Crippen LogP contribution in [-0.2, 0) is 41.0 Å². The summed E-state index contributed by atoms with van der Waals surface area (Å²) in [5, 5.41) is -1.34. The van der Waals surface area contributed by atoms with Gasteiger partial charge < -0.3 is 0 Å². The molecule has 0 saturated heterocycles. The Balaban J connectivity index is 2.25. The Kier molecular flexibility index (Phi) is 7.25. The van der Waals surface area contributed by atoms with Crippen molar-refractivity contribution < 1.29 is 51.5 Å². The molecule has 0 spiro atoms. The normalized spacial score (nSPS) is 13.4. The first-order valence-electron chi connectivity index (χ1n) is 7.47.